The number of allylic oxidation sites excluding steroid dienone is 5. The molecular weight excluding hydrogens is 840 g/mol. The van der Waals surface area contributed by atoms with E-state index in [1.807, 2.05) is 27.2 Å². The molecule has 0 aromatic carbocycles. The SMILES string of the molecule is CCCCCCC/C=C\C/C=C\CCCCCCCCCCCCCCCCCCCCCC(=O)NC(COP(=O)(O)OCC[N+](C)(C)C)C(O)/C=C/CCCCCCCCCCCCC. The number of phosphoric acid groups is 1. The Morgan fingerprint density at radius 3 is 1.24 bits per heavy atom. The lowest BCUT2D eigenvalue weighted by Crippen LogP contribution is -2.45. The molecule has 0 aliphatic carbocycles. The summed E-state index contributed by atoms with van der Waals surface area (Å²) in [5.41, 5.74) is 0. The molecule has 0 radical (unpaired) electrons. The van der Waals surface area contributed by atoms with E-state index in [2.05, 4.69) is 43.5 Å². The van der Waals surface area contributed by atoms with Crippen LogP contribution in [-0.4, -0.2) is 73.4 Å². The number of phosphoric ester groups is 1. The van der Waals surface area contributed by atoms with Crippen LogP contribution in [0.4, 0.5) is 0 Å². The average Bonchev–Trinajstić information content (AvgIpc) is 3.28. The van der Waals surface area contributed by atoms with Crippen molar-refractivity contribution in [3.8, 4) is 0 Å². The van der Waals surface area contributed by atoms with Crippen molar-refractivity contribution < 1.29 is 32.9 Å². The van der Waals surface area contributed by atoms with Gasteiger partial charge in [-0.1, -0.05) is 249 Å². The summed E-state index contributed by atoms with van der Waals surface area (Å²) in [6.07, 6.45) is 62.5. The molecule has 0 saturated heterocycles. The third-order valence-electron chi connectivity index (χ3n) is 12.9. The van der Waals surface area contributed by atoms with Crippen molar-refractivity contribution in [1.29, 1.82) is 0 Å². The molecule has 0 bridgehead atoms. The Balaban J connectivity index is 4.03. The lowest BCUT2D eigenvalue weighted by atomic mass is 10.0. The Morgan fingerprint density at radius 1 is 0.515 bits per heavy atom. The average molecular weight is 953 g/mol. The zero-order valence-corrected chi connectivity index (χ0v) is 45.3. The first-order chi connectivity index (χ1) is 32.0. The molecule has 0 rings (SSSR count). The molecule has 0 saturated carbocycles. The van der Waals surface area contributed by atoms with E-state index in [-0.39, 0.29) is 19.1 Å². The fourth-order valence-corrected chi connectivity index (χ4v) is 9.10. The number of aliphatic hydroxyl groups excluding tert-OH is 1. The van der Waals surface area contributed by atoms with E-state index in [0.717, 1.165) is 44.9 Å². The molecule has 1 amide bonds. The maximum Gasteiger partial charge on any atom is 0.472 e. The molecule has 0 heterocycles. The summed E-state index contributed by atoms with van der Waals surface area (Å²) in [5, 5.41) is 13.9. The highest BCUT2D eigenvalue weighted by Gasteiger charge is 2.27. The molecule has 0 aromatic rings. The third-order valence-corrected chi connectivity index (χ3v) is 13.8. The van der Waals surface area contributed by atoms with Crippen LogP contribution in [0.15, 0.2) is 36.5 Å². The predicted octanol–water partition coefficient (Wildman–Crippen LogP) is 17.0. The summed E-state index contributed by atoms with van der Waals surface area (Å²) < 4.78 is 23.7. The van der Waals surface area contributed by atoms with Gasteiger partial charge in [0.25, 0.3) is 0 Å². The molecule has 66 heavy (non-hydrogen) atoms. The van der Waals surface area contributed by atoms with E-state index in [1.54, 1.807) is 6.08 Å². The standard InChI is InChI=1S/C57H111N2O6P/c1-6-8-10-12-14-16-18-20-21-22-23-24-25-26-27-28-29-30-31-32-33-34-35-36-37-39-41-43-45-47-49-51-57(61)58-55(54-65-66(62,63)64-53-52-59(3,4)5)56(60)50-48-46-44-42-40-38-19-17-15-13-11-9-7-2/h18,20,22-23,48,50,55-56,60H,6-17,19,21,24-47,49,51-54H2,1-5H3,(H-,58,61,62,63)/p+1/b20-18-,23-22-,50-48+. The number of hydrogen-bond donors (Lipinski definition) is 3. The molecular formula is C57H112N2O6P+. The number of unbranched alkanes of at least 4 members (excludes halogenated alkanes) is 35. The first-order valence-corrected chi connectivity index (χ1v) is 29.9. The number of rotatable bonds is 52. The first kappa shape index (κ1) is 64.7. The summed E-state index contributed by atoms with van der Waals surface area (Å²) in [4.78, 5) is 23.2. The van der Waals surface area contributed by atoms with Crippen molar-refractivity contribution in [2.24, 2.45) is 0 Å². The van der Waals surface area contributed by atoms with Crippen molar-refractivity contribution in [1.82, 2.24) is 5.32 Å². The van der Waals surface area contributed by atoms with Crippen LogP contribution in [0.25, 0.3) is 0 Å². The van der Waals surface area contributed by atoms with Gasteiger partial charge in [0.2, 0.25) is 5.91 Å². The number of aliphatic hydroxyl groups is 1. The Hall–Kier alpha value is -1.28. The van der Waals surface area contributed by atoms with Gasteiger partial charge in [-0.3, -0.25) is 13.8 Å². The van der Waals surface area contributed by atoms with E-state index in [4.69, 9.17) is 9.05 Å². The second kappa shape index (κ2) is 48.7. The second-order valence-electron chi connectivity index (χ2n) is 20.7. The molecule has 8 nitrogen and oxygen atoms in total. The van der Waals surface area contributed by atoms with Gasteiger partial charge >= 0.3 is 7.82 Å². The Labute approximate surface area is 410 Å². The molecule has 390 valence electrons. The smallest absolute Gasteiger partial charge is 0.387 e. The first-order valence-electron chi connectivity index (χ1n) is 28.4. The maximum absolute atomic E-state index is 12.9. The van der Waals surface area contributed by atoms with Crippen LogP contribution in [0.3, 0.4) is 0 Å². The summed E-state index contributed by atoms with van der Waals surface area (Å²) in [6.45, 7) is 4.82. The molecule has 3 unspecified atom stereocenters. The topological polar surface area (TPSA) is 105 Å². The number of nitrogens with one attached hydrogen (secondary N) is 1. The van der Waals surface area contributed by atoms with E-state index >= 15 is 0 Å². The van der Waals surface area contributed by atoms with Crippen LogP contribution in [-0.2, 0) is 18.4 Å². The highest BCUT2D eigenvalue weighted by atomic mass is 31.2. The Kier molecular flexibility index (Phi) is 47.8. The fraction of sp³-hybridized carbons (Fsp3) is 0.877. The molecule has 0 aliphatic rings. The van der Waals surface area contributed by atoms with Gasteiger partial charge < -0.3 is 19.8 Å². The number of nitrogens with zero attached hydrogens (tertiary/aromatic N) is 1. The van der Waals surface area contributed by atoms with Crippen LogP contribution in [0.1, 0.15) is 271 Å². The van der Waals surface area contributed by atoms with Gasteiger partial charge in [-0.2, -0.15) is 0 Å². The van der Waals surface area contributed by atoms with Crippen LogP contribution >= 0.6 is 7.82 Å². The van der Waals surface area contributed by atoms with E-state index in [0.29, 0.717) is 17.4 Å². The summed E-state index contributed by atoms with van der Waals surface area (Å²) in [7, 11) is 1.58. The summed E-state index contributed by atoms with van der Waals surface area (Å²) >= 11 is 0. The summed E-state index contributed by atoms with van der Waals surface area (Å²) in [6, 6.07) is -0.844. The van der Waals surface area contributed by atoms with E-state index in [9.17, 15) is 19.4 Å². The largest absolute Gasteiger partial charge is 0.472 e. The zero-order chi connectivity index (χ0) is 48.5. The van der Waals surface area contributed by atoms with E-state index < -0.39 is 20.0 Å². The third kappa shape index (κ3) is 50.6. The van der Waals surface area contributed by atoms with Crippen molar-refractivity contribution in [2.75, 3.05) is 40.9 Å². The van der Waals surface area contributed by atoms with Crippen LogP contribution in [0, 0.1) is 0 Å². The van der Waals surface area contributed by atoms with Gasteiger partial charge in [0.15, 0.2) is 0 Å². The molecule has 0 aromatic heterocycles. The van der Waals surface area contributed by atoms with Gasteiger partial charge in [0.1, 0.15) is 13.2 Å². The van der Waals surface area contributed by atoms with Crippen LogP contribution < -0.4 is 5.32 Å². The van der Waals surface area contributed by atoms with Gasteiger partial charge in [0, 0.05) is 6.42 Å². The molecule has 0 fully saturated rings. The van der Waals surface area contributed by atoms with Crippen molar-refractivity contribution in [3.63, 3.8) is 0 Å². The van der Waals surface area contributed by atoms with Crippen molar-refractivity contribution in [3.05, 3.63) is 36.5 Å². The number of carbonyl (C=O) groups is 1. The Bertz CT molecular complexity index is 1170. The molecule has 3 atom stereocenters. The highest BCUT2D eigenvalue weighted by molar-refractivity contribution is 7.47. The number of likely N-dealkylation sites (N-methyl/N-ethyl adjacent to an activating group) is 1. The minimum absolute atomic E-state index is 0.0629. The predicted molar refractivity (Wildman–Crippen MR) is 286 cm³/mol. The lowest BCUT2D eigenvalue weighted by molar-refractivity contribution is -0.870. The monoisotopic (exact) mass is 952 g/mol. The number of quaternary nitrogens is 1. The van der Waals surface area contributed by atoms with Gasteiger partial charge in [-0.25, -0.2) is 4.57 Å². The number of carbonyl (C=O) groups excluding carboxylic acids is 1. The van der Waals surface area contributed by atoms with Crippen LogP contribution in [0.2, 0.25) is 0 Å². The van der Waals surface area contributed by atoms with Gasteiger partial charge in [0.05, 0.1) is 39.9 Å². The van der Waals surface area contributed by atoms with Crippen molar-refractivity contribution >= 4 is 13.7 Å². The van der Waals surface area contributed by atoms with Crippen molar-refractivity contribution in [2.45, 2.75) is 283 Å². The van der Waals surface area contributed by atoms with E-state index in [1.165, 1.54) is 205 Å². The summed E-state index contributed by atoms with van der Waals surface area (Å²) in [5.74, 6) is -0.174. The normalized spacial score (nSPS) is 14.2. The Morgan fingerprint density at radius 2 is 0.864 bits per heavy atom. The van der Waals surface area contributed by atoms with Crippen LogP contribution in [0.5, 0.6) is 0 Å². The molecule has 9 heteroatoms. The molecule has 0 spiro atoms. The number of hydrogen-bond acceptors (Lipinski definition) is 5. The quantitative estimate of drug-likeness (QED) is 0.0243. The molecule has 3 N–H and O–H groups in total. The fourth-order valence-electron chi connectivity index (χ4n) is 8.37. The maximum atomic E-state index is 12.9. The lowest BCUT2D eigenvalue weighted by Gasteiger charge is -2.25. The van der Waals surface area contributed by atoms with Gasteiger partial charge in [-0.15, -0.1) is 0 Å². The minimum atomic E-state index is -4.34. The minimum Gasteiger partial charge on any atom is -0.387 e. The van der Waals surface area contributed by atoms with Gasteiger partial charge in [-0.05, 0) is 51.4 Å². The molecule has 0 aliphatic heterocycles. The second-order valence-corrected chi connectivity index (χ2v) is 22.1. The number of amides is 1. The highest BCUT2D eigenvalue weighted by Crippen LogP contribution is 2.43. The zero-order valence-electron chi connectivity index (χ0n) is 44.4.